The molecule has 1 fully saturated rings. The zero-order chi connectivity index (χ0) is 16.0. The van der Waals surface area contributed by atoms with E-state index in [1.54, 1.807) is 5.01 Å². The van der Waals surface area contributed by atoms with Crippen molar-refractivity contribution in [3.05, 3.63) is 18.2 Å². The lowest BCUT2D eigenvalue weighted by atomic mass is 9.79. The SMILES string of the molecule is CC(C)N(N)c1ccc(B2OC(C)(C)C(C)(C)O2)cc1N. The van der Waals surface area contributed by atoms with Gasteiger partial charge in [-0.1, -0.05) is 6.07 Å². The monoisotopic (exact) mass is 291 g/mol. The molecule has 1 heterocycles. The van der Waals surface area contributed by atoms with Crippen LogP contribution in [-0.4, -0.2) is 24.4 Å². The topological polar surface area (TPSA) is 73.7 Å². The Morgan fingerprint density at radius 3 is 2.05 bits per heavy atom. The molecule has 0 unspecified atom stereocenters. The van der Waals surface area contributed by atoms with Gasteiger partial charge >= 0.3 is 7.12 Å². The van der Waals surface area contributed by atoms with Crippen molar-refractivity contribution in [2.75, 3.05) is 10.7 Å². The van der Waals surface area contributed by atoms with E-state index in [1.807, 2.05) is 59.7 Å². The molecule has 0 amide bonds. The fourth-order valence-electron chi connectivity index (χ4n) is 2.21. The fourth-order valence-corrected chi connectivity index (χ4v) is 2.21. The molecule has 0 aliphatic carbocycles. The Kier molecular flexibility index (Phi) is 3.99. The molecule has 0 saturated carbocycles. The number of benzene rings is 1. The van der Waals surface area contributed by atoms with E-state index in [1.165, 1.54) is 0 Å². The Labute approximate surface area is 127 Å². The summed E-state index contributed by atoms with van der Waals surface area (Å²) >= 11 is 0. The summed E-state index contributed by atoms with van der Waals surface area (Å²) in [6, 6.07) is 5.92. The molecular formula is C15H26BN3O2. The number of hydrogen-bond donors (Lipinski definition) is 2. The first-order chi connectivity index (χ1) is 9.55. The molecular weight excluding hydrogens is 265 g/mol. The van der Waals surface area contributed by atoms with Crippen LogP contribution in [0.2, 0.25) is 0 Å². The van der Waals surface area contributed by atoms with Crippen LogP contribution in [0.4, 0.5) is 11.4 Å². The molecule has 21 heavy (non-hydrogen) atoms. The van der Waals surface area contributed by atoms with Gasteiger partial charge in [0.15, 0.2) is 0 Å². The molecule has 116 valence electrons. The van der Waals surface area contributed by atoms with E-state index in [-0.39, 0.29) is 17.2 Å². The summed E-state index contributed by atoms with van der Waals surface area (Å²) in [5, 5.41) is 1.66. The Morgan fingerprint density at radius 1 is 1.10 bits per heavy atom. The highest BCUT2D eigenvalue weighted by Gasteiger charge is 2.51. The minimum Gasteiger partial charge on any atom is -0.399 e. The molecule has 0 aromatic heterocycles. The Bertz CT molecular complexity index is 516. The molecule has 1 aromatic rings. The average molecular weight is 291 g/mol. The summed E-state index contributed by atoms with van der Waals surface area (Å²) in [5.41, 5.74) is 7.76. The highest BCUT2D eigenvalue weighted by molar-refractivity contribution is 6.62. The smallest absolute Gasteiger partial charge is 0.399 e. The number of anilines is 2. The van der Waals surface area contributed by atoms with Crippen LogP contribution in [-0.2, 0) is 9.31 Å². The highest BCUT2D eigenvalue weighted by Crippen LogP contribution is 2.36. The van der Waals surface area contributed by atoms with E-state index in [0.29, 0.717) is 5.69 Å². The van der Waals surface area contributed by atoms with Crippen LogP contribution in [0.25, 0.3) is 0 Å². The van der Waals surface area contributed by atoms with Crippen LogP contribution >= 0.6 is 0 Å². The standard InChI is InChI=1S/C15H26BN3O2/c1-10(2)19(18)13-8-7-11(9-12(13)17)16-20-14(3,4)15(5,6)21-16/h7-10H,17-18H2,1-6H3. The average Bonchev–Trinajstić information content (AvgIpc) is 2.57. The lowest BCUT2D eigenvalue weighted by Crippen LogP contribution is -2.41. The third kappa shape index (κ3) is 2.88. The van der Waals surface area contributed by atoms with E-state index in [4.69, 9.17) is 20.9 Å². The predicted molar refractivity (Wildman–Crippen MR) is 88.4 cm³/mol. The minimum absolute atomic E-state index is 0.176. The van der Waals surface area contributed by atoms with E-state index in [9.17, 15) is 0 Å². The summed E-state index contributed by atoms with van der Waals surface area (Å²) in [6.07, 6.45) is 0. The van der Waals surface area contributed by atoms with E-state index in [0.717, 1.165) is 11.2 Å². The quantitative estimate of drug-likeness (QED) is 0.383. The van der Waals surface area contributed by atoms with Gasteiger partial charge in [-0.05, 0) is 59.1 Å². The second-order valence-corrected chi connectivity index (χ2v) is 6.91. The molecule has 2 rings (SSSR count). The van der Waals surface area contributed by atoms with Gasteiger partial charge in [-0.3, -0.25) is 0 Å². The Balaban J connectivity index is 2.26. The maximum atomic E-state index is 6.13. The predicted octanol–water partition coefficient (Wildman–Crippen LogP) is 1.66. The molecule has 1 aromatic carbocycles. The molecule has 0 atom stereocenters. The number of hydrazine groups is 1. The number of rotatable bonds is 3. The number of hydrogen-bond acceptors (Lipinski definition) is 5. The van der Waals surface area contributed by atoms with Gasteiger partial charge in [0.25, 0.3) is 0 Å². The van der Waals surface area contributed by atoms with Crippen LogP contribution in [0.3, 0.4) is 0 Å². The van der Waals surface area contributed by atoms with Gasteiger partial charge in [0.1, 0.15) is 0 Å². The van der Waals surface area contributed by atoms with Crippen molar-refractivity contribution in [3.63, 3.8) is 0 Å². The molecule has 0 spiro atoms. The van der Waals surface area contributed by atoms with E-state index < -0.39 is 7.12 Å². The Hall–Kier alpha value is -1.24. The van der Waals surface area contributed by atoms with Crippen LogP contribution in [0, 0.1) is 0 Å². The van der Waals surface area contributed by atoms with Gasteiger partial charge in [-0.2, -0.15) is 0 Å². The summed E-state index contributed by atoms with van der Waals surface area (Å²) in [5.74, 6) is 6.02. The van der Waals surface area contributed by atoms with E-state index >= 15 is 0 Å². The van der Waals surface area contributed by atoms with Crippen molar-refractivity contribution in [2.45, 2.75) is 58.8 Å². The molecule has 1 saturated heterocycles. The zero-order valence-corrected chi connectivity index (χ0v) is 13.8. The summed E-state index contributed by atoms with van der Waals surface area (Å²) in [7, 11) is -0.406. The van der Waals surface area contributed by atoms with Gasteiger partial charge < -0.3 is 20.1 Å². The van der Waals surface area contributed by atoms with Gasteiger partial charge in [0, 0.05) is 6.04 Å². The number of nitrogens with zero attached hydrogens (tertiary/aromatic N) is 1. The molecule has 1 aliphatic rings. The van der Waals surface area contributed by atoms with Gasteiger partial charge in [-0.25, -0.2) is 5.84 Å². The lowest BCUT2D eigenvalue weighted by Gasteiger charge is -2.32. The number of nitrogen functional groups attached to an aromatic ring is 1. The van der Waals surface area contributed by atoms with Crippen molar-refractivity contribution in [1.82, 2.24) is 0 Å². The van der Waals surface area contributed by atoms with Gasteiger partial charge in [0.05, 0.1) is 22.6 Å². The molecule has 0 radical (unpaired) electrons. The van der Waals surface area contributed by atoms with Crippen LogP contribution < -0.4 is 22.0 Å². The highest BCUT2D eigenvalue weighted by atomic mass is 16.7. The molecule has 4 N–H and O–H groups in total. The second kappa shape index (κ2) is 5.19. The van der Waals surface area contributed by atoms with Crippen LogP contribution in [0.5, 0.6) is 0 Å². The first kappa shape index (κ1) is 16.1. The van der Waals surface area contributed by atoms with Crippen LogP contribution in [0.1, 0.15) is 41.5 Å². The first-order valence-corrected chi connectivity index (χ1v) is 7.34. The fraction of sp³-hybridized carbons (Fsp3) is 0.600. The summed E-state index contributed by atoms with van der Waals surface area (Å²) < 4.78 is 12.1. The van der Waals surface area contributed by atoms with E-state index in [2.05, 4.69) is 0 Å². The Morgan fingerprint density at radius 2 is 1.62 bits per heavy atom. The van der Waals surface area contributed by atoms with Crippen molar-refractivity contribution in [1.29, 1.82) is 0 Å². The van der Waals surface area contributed by atoms with Crippen LogP contribution in [0.15, 0.2) is 18.2 Å². The molecule has 0 bridgehead atoms. The maximum absolute atomic E-state index is 6.13. The molecule has 5 nitrogen and oxygen atoms in total. The second-order valence-electron chi connectivity index (χ2n) is 6.91. The van der Waals surface area contributed by atoms with Crippen molar-refractivity contribution in [3.8, 4) is 0 Å². The van der Waals surface area contributed by atoms with Crippen molar-refractivity contribution < 1.29 is 9.31 Å². The van der Waals surface area contributed by atoms with Gasteiger partial charge in [-0.15, -0.1) is 0 Å². The summed E-state index contributed by atoms with van der Waals surface area (Å²) in [6.45, 7) is 12.2. The van der Waals surface area contributed by atoms with Crippen molar-refractivity contribution >= 4 is 24.0 Å². The minimum atomic E-state index is -0.406. The number of nitrogens with two attached hydrogens (primary N) is 2. The third-order valence-electron chi connectivity index (χ3n) is 4.41. The van der Waals surface area contributed by atoms with Gasteiger partial charge in [0.2, 0.25) is 0 Å². The summed E-state index contributed by atoms with van der Waals surface area (Å²) in [4.78, 5) is 0. The largest absolute Gasteiger partial charge is 0.494 e. The normalized spacial score (nSPS) is 20.1. The van der Waals surface area contributed by atoms with Crippen molar-refractivity contribution in [2.24, 2.45) is 5.84 Å². The lowest BCUT2D eigenvalue weighted by molar-refractivity contribution is 0.00578. The molecule has 6 heteroatoms. The zero-order valence-electron chi connectivity index (χ0n) is 13.8. The first-order valence-electron chi connectivity index (χ1n) is 7.34. The molecule has 1 aliphatic heterocycles. The third-order valence-corrected chi connectivity index (χ3v) is 4.41. The maximum Gasteiger partial charge on any atom is 0.494 e.